The number of rotatable bonds is 3. The first-order valence-corrected chi connectivity index (χ1v) is 7.06. The fraction of sp³-hybridized carbons (Fsp3) is 0.250. The van der Waals surface area contributed by atoms with E-state index in [-0.39, 0.29) is 18.3 Å². The van der Waals surface area contributed by atoms with Gasteiger partial charge in [0.15, 0.2) is 18.2 Å². The molecule has 3 rings (SSSR count). The molecule has 0 saturated carbocycles. The zero-order valence-corrected chi connectivity index (χ0v) is 12.2. The number of hydrogen-bond acceptors (Lipinski definition) is 4. The van der Waals surface area contributed by atoms with Crippen LogP contribution in [0.15, 0.2) is 36.5 Å². The second-order valence-electron chi connectivity index (χ2n) is 5.00. The first-order chi connectivity index (χ1) is 11.1. The molecule has 0 radical (unpaired) electrons. The number of pyridine rings is 1. The highest BCUT2D eigenvalue weighted by atomic mass is 19.2. The van der Waals surface area contributed by atoms with Crippen molar-refractivity contribution in [2.24, 2.45) is 0 Å². The predicted octanol–water partition coefficient (Wildman–Crippen LogP) is 2.16. The van der Waals surface area contributed by atoms with Crippen LogP contribution in [-0.4, -0.2) is 35.5 Å². The summed E-state index contributed by atoms with van der Waals surface area (Å²) < 4.78 is 36.7. The summed E-state index contributed by atoms with van der Waals surface area (Å²) in [6.07, 6.45) is 1.63. The average Bonchev–Trinajstić information content (AvgIpc) is 2.78. The molecule has 0 fully saturated rings. The van der Waals surface area contributed by atoms with Crippen LogP contribution in [0.5, 0.6) is 11.6 Å². The number of ether oxygens (including phenoxy) is 2. The number of carbonyl (C=O) groups excluding carboxylic acids is 1. The van der Waals surface area contributed by atoms with E-state index in [2.05, 4.69) is 4.98 Å². The van der Waals surface area contributed by atoms with Crippen LogP contribution in [0.25, 0.3) is 0 Å². The standard InChI is InChI=1S/C16H14F2N2O3/c17-13-4-3-12(8-14(13)18)23-10-15(21)20-6-7-22-16-11(9-20)2-1-5-19-16/h1-5,8H,6-7,9-10H2. The van der Waals surface area contributed by atoms with Gasteiger partial charge in [0.2, 0.25) is 5.88 Å². The first kappa shape index (κ1) is 15.2. The van der Waals surface area contributed by atoms with Gasteiger partial charge in [0.25, 0.3) is 5.91 Å². The molecule has 0 N–H and O–H groups in total. The first-order valence-electron chi connectivity index (χ1n) is 7.06. The summed E-state index contributed by atoms with van der Waals surface area (Å²) in [5.74, 6) is -1.62. The van der Waals surface area contributed by atoms with E-state index in [1.165, 1.54) is 6.07 Å². The van der Waals surface area contributed by atoms with Gasteiger partial charge in [-0.25, -0.2) is 13.8 Å². The van der Waals surface area contributed by atoms with Crippen molar-refractivity contribution in [2.75, 3.05) is 19.8 Å². The third-order valence-corrected chi connectivity index (χ3v) is 3.42. The summed E-state index contributed by atoms with van der Waals surface area (Å²) in [4.78, 5) is 17.9. The highest BCUT2D eigenvalue weighted by Crippen LogP contribution is 2.20. The highest BCUT2D eigenvalue weighted by molar-refractivity contribution is 5.78. The lowest BCUT2D eigenvalue weighted by Crippen LogP contribution is -2.36. The molecule has 0 aliphatic carbocycles. The van der Waals surface area contributed by atoms with Crippen LogP contribution < -0.4 is 9.47 Å². The molecule has 5 nitrogen and oxygen atoms in total. The molecule has 120 valence electrons. The third-order valence-electron chi connectivity index (χ3n) is 3.42. The van der Waals surface area contributed by atoms with Gasteiger partial charge in [-0.15, -0.1) is 0 Å². The van der Waals surface area contributed by atoms with Crippen molar-refractivity contribution in [1.82, 2.24) is 9.88 Å². The molecular formula is C16H14F2N2O3. The maximum absolute atomic E-state index is 13.1. The van der Waals surface area contributed by atoms with Gasteiger partial charge >= 0.3 is 0 Å². The zero-order valence-electron chi connectivity index (χ0n) is 12.2. The zero-order chi connectivity index (χ0) is 16.2. The molecule has 0 saturated heterocycles. The van der Waals surface area contributed by atoms with Gasteiger partial charge in [0.1, 0.15) is 12.4 Å². The molecule has 1 aliphatic heterocycles. The van der Waals surface area contributed by atoms with Crippen LogP contribution in [0.3, 0.4) is 0 Å². The molecule has 1 amide bonds. The monoisotopic (exact) mass is 320 g/mol. The van der Waals surface area contributed by atoms with E-state index >= 15 is 0 Å². The van der Waals surface area contributed by atoms with Crippen molar-refractivity contribution >= 4 is 5.91 Å². The van der Waals surface area contributed by atoms with Gasteiger partial charge in [-0.1, -0.05) is 6.07 Å². The van der Waals surface area contributed by atoms with Crippen LogP contribution in [0.2, 0.25) is 0 Å². The predicted molar refractivity (Wildman–Crippen MR) is 77.0 cm³/mol. The van der Waals surface area contributed by atoms with Gasteiger partial charge < -0.3 is 14.4 Å². The SMILES string of the molecule is O=C(COc1ccc(F)c(F)c1)N1CCOc2ncccc2C1. The summed E-state index contributed by atoms with van der Waals surface area (Å²) in [7, 11) is 0. The lowest BCUT2D eigenvalue weighted by atomic mass is 10.2. The summed E-state index contributed by atoms with van der Waals surface area (Å²) in [6.45, 7) is 0.834. The van der Waals surface area contributed by atoms with E-state index in [9.17, 15) is 13.6 Å². The van der Waals surface area contributed by atoms with Gasteiger partial charge in [0, 0.05) is 17.8 Å². The largest absolute Gasteiger partial charge is 0.484 e. The molecule has 7 heteroatoms. The van der Waals surface area contributed by atoms with Gasteiger partial charge in [-0.05, 0) is 18.2 Å². The Kier molecular flexibility index (Phi) is 4.36. The summed E-state index contributed by atoms with van der Waals surface area (Å²) in [6, 6.07) is 6.75. The minimum Gasteiger partial charge on any atom is -0.484 e. The molecule has 23 heavy (non-hydrogen) atoms. The van der Waals surface area contributed by atoms with Crippen molar-refractivity contribution in [3.8, 4) is 11.6 Å². The Morgan fingerprint density at radius 2 is 2.17 bits per heavy atom. The van der Waals surface area contributed by atoms with Gasteiger partial charge in [-0.3, -0.25) is 4.79 Å². The van der Waals surface area contributed by atoms with E-state index in [0.717, 1.165) is 17.7 Å². The van der Waals surface area contributed by atoms with E-state index < -0.39 is 11.6 Å². The van der Waals surface area contributed by atoms with Crippen molar-refractivity contribution in [1.29, 1.82) is 0 Å². The van der Waals surface area contributed by atoms with Crippen LogP contribution in [-0.2, 0) is 11.3 Å². The van der Waals surface area contributed by atoms with Crippen molar-refractivity contribution < 1.29 is 23.0 Å². The molecule has 0 atom stereocenters. The maximum atomic E-state index is 13.1. The second-order valence-corrected chi connectivity index (χ2v) is 5.00. The Labute approximate surface area is 131 Å². The Balaban J connectivity index is 1.63. The molecule has 1 aromatic carbocycles. The topological polar surface area (TPSA) is 51.7 Å². The second kappa shape index (κ2) is 6.60. The molecule has 2 aromatic rings. The molecular weight excluding hydrogens is 306 g/mol. The Hall–Kier alpha value is -2.70. The van der Waals surface area contributed by atoms with Crippen LogP contribution in [0, 0.1) is 11.6 Å². The molecule has 0 unspecified atom stereocenters. The van der Waals surface area contributed by atoms with E-state index in [1.807, 2.05) is 6.07 Å². The molecule has 1 aromatic heterocycles. The van der Waals surface area contributed by atoms with E-state index in [4.69, 9.17) is 9.47 Å². The number of aromatic nitrogens is 1. The van der Waals surface area contributed by atoms with Gasteiger partial charge in [-0.2, -0.15) is 0 Å². The maximum Gasteiger partial charge on any atom is 0.260 e. The molecule has 0 bridgehead atoms. The number of fused-ring (bicyclic) bond motifs is 1. The number of halogens is 2. The smallest absolute Gasteiger partial charge is 0.260 e. The molecule has 2 heterocycles. The minimum atomic E-state index is -1.02. The van der Waals surface area contributed by atoms with Crippen LogP contribution in [0.1, 0.15) is 5.56 Å². The van der Waals surface area contributed by atoms with E-state index in [1.54, 1.807) is 17.2 Å². The lowest BCUT2D eigenvalue weighted by Gasteiger charge is -2.19. The quantitative estimate of drug-likeness (QED) is 0.870. The number of carbonyl (C=O) groups is 1. The fourth-order valence-electron chi connectivity index (χ4n) is 2.23. The summed E-state index contributed by atoms with van der Waals surface area (Å²) >= 11 is 0. The molecule has 0 spiro atoms. The highest BCUT2D eigenvalue weighted by Gasteiger charge is 2.20. The normalized spacial score (nSPS) is 13.7. The average molecular weight is 320 g/mol. The number of nitrogens with zero attached hydrogens (tertiary/aromatic N) is 2. The number of amides is 1. The minimum absolute atomic E-state index is 0.102. The van der Waals surface area contributed by atoms with Gasteiger partial charge in [0.05, 0.1) is 13.1 Å². The van der Waals surface area contributed by atoms with Crippen molar-refractivity contribution in [3.63, 3.8) is 0 Å². The Bertz CT molecular complexity index is 724. The third kappa shape index (κ3) is 3.56. The van der Waals surface area contributed by atoms with Crippen molar-refractivity contribution in [2.45, 2.75) is 6.54 Å². The fourth-order valence-corrected chi connectivity index (χ4v) is 2.23. The van der Waals surface area contributed by atoms with Crippen LogP contribution in [0.4, 0.5) is 8.78 Å². The Morgan fingerprint density at radius 1 is 1.30 bits per heavy atom. The number of hydrogen-bond donors (Lipinski definition) is 0. The van der Waals surface area contributed by atoms with E-state index in [0.29, 0.717) is 25.6 Å². The van der Waals surface area contributed by atoms with Crippen LogP contribution >= 0.6 is 0 Å². The molecule has 1 aliphatic rings. The lowest BCUT2D eigenvalue weighted by molar-refractivity contribution is -0.134. The number of benzene rings is 1. The summed E-state index contributed by atoms with van der Waals surface area (Å²) in [5, 5.41) is 0. The Morgan fingerprint density at radius 3 is 3.00 bits per heavy atom. The van der Waals surface area contributed by atoms with Crippen molar-refractivity contribution in [3.05, 3.63) is 53.7 Å². The summed E-state index contributed by atoms with van der Waals surface area (Å²) in [5.41, 5.74) is 0.811.